The number of hydrogen-bond donors (Lipinski definition) is 1. The summed E-state index contributed by atoms with van der Waals surface area (Å²) in [5, 5.41) is 3.69. The van der Waals surface area contributed by atoms with Crippen LogP contribution in [0.5, 0.6) is 0 Å². The summed E-state index contributed by atoms with van der Waals surface area (Å²) >= 11 is 0. The van der Waals surface area contributed by atoms with Gasteiger partial charge in [0.05, 0.1) is 0 Å². The van der Waals surface area contributed by atoms with Crippen LogP contribution < -0.4 is 10.9 Å². The Balaban J connectivity index is 1.91. The number of nitrogens with zero attached hydrogens (tertiary/aromatic N) is 1. The molecule has 1 aromatic rings. The van der Waals surface area contributed by atoms with E-state index in [1.54, 1.807) is 6.07 Å². The molecule has 5 atom stereocenters. The Morgan fingerprint density at radius 1 is 1.41 bits per heavy atom. The van der Waals surface area contributed by atoms with Crippen molar-refractivity contribution in [2.45, 2.75) is 31.8 Å². The molecule has 3 aliphatic rings. The summed E-state index contributed by atoms with van der Waals surface area (Å²) in [4.78, 5) is 12.0. The predicted octanol–water partition coefficient (Wildman–Crippen LogP) is 1.19. The summed E-state index contributed by atoms with van der Waals surface area (Å²) in [6.07, 6.45) is 1.29. The highest BCUT2D eigenvalue weighted by Gasteiger charge is 2.51. The van der Waals surface area contributed by atoms with Crippen molar-refractivity contribution in [3.8, 4) is 0 Å². The smallest absolute Gasteiger partial charge is 0.250 e. The maximum absolute atomic E-state index is 12.0. The van der Waals surface area contributed by atoms with Crippen molar-refractivity contribution in [3.63, 3.8) is 0 Å². The van der Waals surface area contributed by atoms with Crippen molar-refractivity contribution in [2.75, 3.05) is 6.54 Å². The largest absolute Gasteiger partial charge is 0.313 e. The Morgan fingerprint density at radius 2 is 2.29 bits per heavy atom. The molecule has 0 aromatic carbocycles. The molecular formula is C14H18N2O. The van der Waals surface area contributed by atoms with E-state index in [0.717, 1.165) is 24.9 Å². The number of nitrogens with one attached hydrogen (secondary N) is 1. The van der Waals surface area contributed by atoms with Gasteiger partial charge in [-0.15, -0.1) is 0 Å². The summed E-state index contributed by atoms with van der Waals surface area (Å²) in [7, 11) is 0. The van der Waals surface area contributed by atoms with Crippen LogP contribution in [0.15, 0.2) is 23.0 Å². The molecule has 3 heterocycles. The van der Waals surface area contributed by atoms with Gasteiger partial charge < -0.3 is 9.88 Å². The van der Waals surface area contributed by atoms with Gasteiger partial charge in [-0.2, -0.15) is 0 Å². The van der Waals surface area contributed by atoms with E-state index in [0.29, 0.717) is 17.9 Å². The van der Waals surface area contributed by atoms with Gasteiger partial charge in [0.15, 0.2) is 0 Å². The second kappa shape index (κ2) is 3.22. The van der Waals surface area contributed by atoms with Crippen molar-refractivity contribution >= 4 is 0 Å². The molecule has 90 valence electrons. The third kappa shape index (κ3) is 1.18. The molecule has 1 N–H and O–H groups in total. The van der Waals surface area contributed by atoms with Gasteiger partial charge in [-0.05, 0) is 30.2 Å². The third-order valence-corrected chi connectivity index (χ3v) is 5.22. The van der Waals surface area contributed by atoms with Crippen LogP contribution >= 0.6 is 0 Å². The molecule has 4 rings (SSSR count). The molecule has 0 radical (unpaired) electrons. The molecule has 4 bridgehead atoms. The van der Waals surface area contributed by atoms with E-state index in [9.17, 15) is 4.79 Å². The summed E-state index contributed by atoms with van der Waals surface area (Å²) in [6, 6.07) is 6.41. The highest BCUT2D eigenvalue weighted by atomic mass is 16.1. The predicted molar refractivity (Wildman–Crippen MR) is 66.0 cm³/mol. The van der Waals surface area contributed by atoms with Crippen LogP contribution in [0.4, 0.5) is 0 Å². The summed E-state index contributed by atoms with van der Waals surface area (Å²) in [5.74, 6) is 2.82. The molecule has 1 aliphatic carbocycles. The lowest BCUT2D eigenvalue weighted by Gasteiger charge is -2.44. The van der Waals surface area contributed by atoms with E-state index >= 15 is 0 Å². The van der Waals surface area contributed by atoms with Gasteiger partial charge in [0.25, 0.3) is 5.56 Å². The zero-order valence-corrected chi connectivity index (χ0v) is 10.1. The maximum Gasteiger partial charge on any atom is 0.250 e. The molecular weight excluding hydrogens is 212 g/mol. The van der Waals surface area contributed by atoms with Gasteiger partial charge in [-0.3, -0.25) is 4.79 Å². The Morgan fingerprint density at radius 3 is 3.18 bits per heavy atom. The fourth-order valence-electron chi connectivity index (χ4n) is 4.58. The summed E-state index contributed by atoms with van der Waals surface area (Å²) in [6.45, 7) is 4.37. The standard InChI is InChI=1S/C14H18N2O/c1-8-5-11-10-7-16-12(3-2-4-13(16)17)9(6-15-11)14(8)10/h2-4,8-11,14-15H,5-7H2,1H3/t8?,9-,10-,11?,14+/m1/s1. The minimum atomic E-state index is 0.186. The minimum absolute atomic E-state index is 0.186. The number of hydrogen-bond acceptors (Lipinski definition) is 2. The van der Waals surface area contributed by atoms with Crippen LogP contribution in [0, 0.1) is 17.8 Å². The summed E-state index contributed by atoms with van der Waals surface area (Å²) in [5.41, 5.74) is 1.45. The SMILES string of the molecule is CC1CC2NC[C@@H]3c4cccc(=O)n4C[C@H]2[C@@H]13. The first-order valence-corrected chi connectivity index (χ1v) is 6.69. The molecule has 1 saturated carbocycles. The third-order valence-electron chi connectivity index (χ3n) is 5.22. The van der Waals surface area contributed by atoms with Gasteiger partial charge in [-0.25, -0.2) is 0 Å². The van der Waals surface area contributed by atoms with Gasteiger partial charge in [-0.1, -0.05) is 13.0 Å². The molecule has 2 fully saturated rings. The van der Waals surface area contributed by atoms with E-state index < -0.39 is 0 Å². The van der Waals surface area contributed by atoms with Crippen LogP contribution in [0.1, 0.15) is 25.0 Å². The van der Waals surface area contributed by atoms with Gasteiger partial charge in [0.2, 0.25) is 0 Å². The molecule has 2 aliphatic heterocycles. The van der Waals surface area contributed by atoms with Crippen LogP contribution in [0.25, 0.3) is 0 Å². The van der Waals surface area contributed by atoms with Crippen molar-refractivity contribution in [1.29, 1.82) is 0 Å². The number of fused-ring (bicyclic) bond motifs is 2. The van der Waals surface area contributed by atoms with E-state index in [4.69, 9.17) is 0 Å². The molecule has 0 amide bonds. The fourth-order valence-corrected chi connectivity index (χ4v) is 4.58. The molecule has 3 heteroatoms. The lowest BCUT2D eigenvalue weighted by atomic mass is 9.72. The first-order valence-electron chi connectivity index (χ1n) is 6.69. The van der Waals surface area contributed by atoms with E-state index in [1.807, 2.05) is 10.6 Å². The quantitative estimate of drug-likeness (QED) is 0.726. The van der Waals surface area contributed by atoms with Crippen molar-refractivity contribution in [1.82, 2.24) is 9.88 Å². The molecule has 1 aromatic heterocycles. The molecule has 17 heavy (non-hydrogen) atoms. The fraction of sp³-hybridized carbons (Fsp3) is 0.643. The van der Waals surface area contributed by atoms with Gasteiger partial charge in [0, 0.05) is 36.8 Å². The van der Waals surface area contributed by atoms with Crippen LogP contribution in [0.2, 0.25) is 0 Å². The number of rotatable bonds is 0. The van der Waals surface area contributed by atoms with E-state index in [2.05, 4.69) is 18.3 Å². The first-order chi connectivity index (χ1) is 8.25. The molecule has 2 unspecified atom stereocenters. The number of aromatic nitrogens is 1. The molecule has 3 nitrogen and oxygen atoms in total. The zero-order valence-electron chi connectivity index (χ0n) is 10.1. The first kappa shape index (κ1) is 9.89. The van der Waals surface area contributed by atoms with E-state index in [-0.39, 0.29) is 5.56 Å². The number of piperidine rings is 1. The van der Waals surface area contributed by atoms with Crippen molar-refractivity contribution in [2.24, 2.45) is 17.8 Å². The Labute approximate surface area is 101 Å². The van der Waals surface area contributed by atoms with Gasteiger partial charge >= 0.3 is 0 Å². The maximum atomic E-state index is 12.0. The van der Waals surface area contributed by atoms with Crippen molar-refractivity contribution < 1.29 is 0 Å². The second-order valence-corrected chi connectivity index (χ2v) is 5.97. The monoisotopic (exact) mass is 230 g/mol. The van der Waals surface area contributed by atoms with Crippen molar-refractivity contribution in [3.05, 3.63) is 34.2 Å². The highest BCUT2D eigenvalue weighted by Crippen LogP contribution is 2.51. The van der Waals surface area contributed by atoms with Crippen LogP contribution in [0.3, 0.4) is 0 Å². The van der Waals surface area contributed by atoms with Crippen LogP contribution in [-0.4, -0.2) is 17.2 Å². The van der Waals surface area contributed by atoms with Crippen LogP contribution in [-0.2, 0) is 6.54 Å². The average molecular weight is 230 g/mol. The molecule has 1 saturated heterocycles. The lowest BCUT2D eigenvalue weighted by molar-refractivity contribution is 0.147. The lowest BCUT2D eigenvalue weighted by Crippen LogP contribution is -2.52. The minimum Gasteiger partial charge on any atom is -0.313 e. The molecule has 0 spiro atoms. The zero-order chi connectivity index (χ0) is 11.6. The number of pyridine rings is 1. The Hall–Kier alpha value is -1.09. The van der Waals surface area contributed by atoms with E-state index in [1.165, 1.54) is 12.1 Å². The topological polar surface area (TPSA) is 34.0 Å². The normalized spacial score (nSPS) is 42.3. The van der Waals surface area contributed by atoms with Gasteiger partial charge in [0.1, 0.15) is 0 Å². The Bertz CT molecular complexity index is 521. The second-order valence-electron chi connectivity index (χ2n) is 5.97. The average Bonchev–Trinajstić information content (AvgIpc) is 2.53. The Kier molecular flexibility index (Phi) is 1.88. The highest BCUT2D eigenvalue weighted by molar-refractivity contribution is 5.22. The summed E-state index contributed by atoms with van der Waals surface area (Å²) < 4.78 is 2.03.